The molecule has 2 heterocycles. The third-order valence-electron chi connectivity index (χ3n) is 3.54. The SMILES string of the molecule is CNc1nc(C)cc(C(=O)N2C[C@H](C)Oc3c(Cl)cccc32)n1. The Balaban J connectivity index is 2.04. The van der Waals surface area contributed by atoms with Gasteiger partial charge in [0.1, 0.15) is 11.8 Å². The van der Waals surface area contributed by atoms with Crippen molar-refractivity contribution in [3.8, 4) is 5.75 Å². The van der Waals surface area contributed by atoms with Crippen LogP contribution in [0.15, 0.2) is 24.3 Å². The van der Waals surface area contributed by atoms with Crippen LogP contribution >= 0.6 is 11.6 Å². The molecule has 120 valence electrons. The number of ether oxygens (including phenoxy) is 1. The molecule has 0 unspecified atom stereocenters. The van der Waals surface area contributed by atoms with Crippen molar-refractivity contribution >= 4 is 29.1 Å². The largest absolute Gasteiger partial charge is 0.485 e. The van der Waals surface area contributed by atoms with Crippen molar-refractivity contribution < 1.29 is 9.53 Å². The van der Waals surface area contributed by atoms with Crippen molar-refractivity contribution in [2.75, 3.05) is 23.8 Å². The monoisotopic (exact) mass is 332 g/mol. The van der Waals surface area contributed by atoms with E-state index in [0.717, 1.165) is 5.69 Å². The maximum Gasteiger partial charge on any atom is 0.277 e. The topological polar surface area (TPSA) is 67.4 Å². The van der Waals surface area contributed by atoms with Gasteiger partial charge in [-0.15, -0.1) is 0 Å². The molecule has 0 saturated carbocycles. The van der Waals surface area contributed by atoms with Crippen LogP contribution in [0.25, 0.3) is 0 Å². The minimum atomic E-state index is -0.203. The van der Waals surface area contributed by atoms with Crippen LogP contribution < -0.4 is 15.0 Å². The Hall–Kier alpha value is -2.34. The highest BCUT2D eigenvalue weighted by atomic mass is 35.5. The molecule has 2 aromatic rings. The number of carbonyl (C=O) groups is 1. The van der Waals surface area contributed by atoms with Gasteiger partial charge in [-0.05, 0) is 32.0 Å². The zero-order valence-corrected chi connectivity index (χ0v) is 13.9. The molecule has 7 heteroatoms. The first-order valence-electron chi connectivity index (χ1n) is 7.30. The number of benzene rings is 1. The molecule has 1 N–H and O–H groups in total. The first-order chi connectivity index (χ1) is 11.0. The van der Waals surface area contributed by atoms with Gasteiger partial charge in [-0.1, -0.05) is 17.7 Å². The molecule has 23 heavy (non-hydrogen) atoms. The second kappa shape index (κ2) is 6.04. The van der Waals surface area contributed by atoms with Gasteiger partial charge in [-0.2, -0.15) is 0 Å². The number of anilines is 2. The Morgan fingerprint density at radius 2 is 2.22 bits per heavy atom. The van der Waals surface area contributed by atoms with Gasteiger partial charge in [0.2, 0.25) is 5.95 Å². The molecule has 3 rings (SSSR count). The second-order valence-corrected chi connectivity index (χ2v) is 5.81. The number of aromatic nitrogens is 2. The lowest BCUT2D eigenvalue weighted by Gasteiger charge is -2.33. The van der Waals surface area contributed by atoms with E-state index in [0.29, 0.717) is 34.6 Å². The molecule has 0 aliphatic carbocycles. The van der Waals surface area contributed by atoms with E-state index in [1.165, 1.54) is 0 Å². The number of para-hydroxylation sites is 1. The Labute approximate surface area is 139 Å². The lowest BCUT2D eigenvalue weighted by atomic mass is 10.1. The number of nitrogens with zero attached hydrogens (tertiary/aromatic N) is 3. The van der Waals surface area contributed by atoms with Crippen molar-refractivity contribution in [2.45, 2.75) is 20.0 Å². The quantitative estimate of drug-likeness (QED) is 0.915. The Morgan fingerprint density at radius 3 is 2.96 bits per heavy atom. The molecule has 0 spiro atoms. The number of rotatable bonds is 2. The molecule has 6 nitrogen and oxygen atoms in total. The summed E-state index contributed by atoms with van der Waals surface area (Å²) in [6, 6.07) is 7.03. The van der Waals surface area contributed by atoms with Gasteiger partial charge in [0.25, 0.3) is 5.91 Å². The molecule has 0 fully saturated rings. The fourth-order valence-corrected chi connectivity index (χ4v) is 2.76. The summed E-state index contributed by atoms with van der Waals surface area (Å²) in [4.78, 5) is 23.1. The van der Waals surface area contributed by atoms with Crippen LogP contribution in [0.5, 0.6) is 5.75 Å². The zero-order valence-electron chi connectivity index (χ0n) is 13.1. The van der Waals surface area contributed by atoms with E-state index in [1.54, 1.807) is 30.1 Å². The second-order valence-electron chi connectivity index (χ2n) is 5.40. The molecule has 1 atom stereocenters. The van der Waals surface area contributed by atoms with Gasteiger partial charge in [-0.25, -0.2) is 9.97 Å². The number of aryl methyl sites for hydroxylation is 1. The first-order valence-corrected chi connectivity index (χ1v) is 7.68. The third-order valence-corrected chi connectivity index (χ3v) is 3.84. The Kier molecular flexibility index (Phi) is 4.09. The molecule has 0 radical (unpaired) electrons. The van der Waals surface area contributed by atoms with E-state index in [-0.39, 0.29) is 12.0 Å². The van der Waals surface area contributed by atoms with Crippen molar-refractivity contribution in [2.24, 2.45) is 0 Å². The smallest absolute Gasteiger partial charge is 0.277 e. The summed E-state index contributed by atoms with van der Waals surface area (Å²) in [5.74, 6) is 0.743. The van der Waals surface area contributed by atoms with Crippen LogP contribution in [0, 0.1) is 6.92 Å². The van der Waals surface area contributed by atoms with Gasteiger partial charge < -0.3 is 10.1 Å². The highest BCUT2D eigenvalue weighted by Crippen LogP contribution is 2.39. The van der Waals surface area contributed by atoms with Crippen LogP contribution in [0.2, 0.25) is 5.02 Å². The Morgan fingerprint density at radius 1 is 1.43 bits per heavy atom. The van der Waals surface area contributed by atoms with E-state index in [2.05, 4.69) is 15.3 Å². The van der Waals surface area contributed by atoms with E-state index in [1.807, 2.05) is 19.9 Å². The predicted octanol–water partition coefficient (Wildman–Crippen LogP) is 2.91. The molecular formula is C16H17ClN4O2. The molecule has 1 aromatic heterocycles. The lowest BCUT2D eigenvalue weighted by Crippen LogP contribution is -2.42. The maximum absolute atomic E-state index is 12.9. The summed E-state index contributed by atoms with van der Waals surface area (Å²) < 4.78 is 5.78. The average Bonchev–Trinajstić information content (AvgIpc) is 2.53. The summed E-state index contributed by atoms with van der Waals surface area (Å²) in [6.07, 6.45) is -0.155. The fourth-order valence-electron chi connectivity index (χ4n) is 2.54. The van der Waals surface area contributed by atoms with E-state index in [4.69, 9.17) is 16.3 Å². The average molecular weight is 333 g/mol. The summed E-state index contributed by atoms with van der Waals surface area (Å²) in [7, 11) is 1.72. The van der Waals surface area contributed by atoms with Crippen LogP contribution in [-0.2, 0) is 0 Å². The van der Waals surface area contributed by atoms with Crippen molar-refractivity contribution in [3.63, 3.8) is 0 Å². The number of halogens is 1. The van der Waals surface area contributed by atoms with E-state index < -0.39 is 0 Å². The van der Waals surface area contributed by atoms with Gasteiger partial charge >= 0.3 is 0 Å². The van der Waals surface area contributed by atoms with E-state index in [9.17, 15) is 4.79 Å². The number of hydrogen-bond donors (Lipinski definition) is 1. The molecule has 1 amide bonds. The summed E-state index contributed by atoms with van der Waals surface area (Å²) in [5, 5.41) is 3.35. The summed E-state index contributed by atoms with van der Waals surface area (Å²) in [6.45, 7) is 4.16. The van der Waals surface area contributed by atoms with Gasteiger partial charge in [0, 0.05) is 12.7 Å². The van der Waals surface area contributed by atoms with Crippen LogP contribution in [0.4, 0.5) is 11.6 Å². The molecule has 0 saturated heterocycles. The van der Waals surface area contributed by atoms with Gasteiger partial charge in [-0.3, -0.25) is 9.69 Å². The number of nitrogens with one attached hydrogen (secondary N) is 1. The van der Waals surface area contributed by atoms with E-state index >= 15 is 0 Å². The van der Waals surface area contributed by atoms with Crippen molar-refractivity contribution in [1.82, 2.24) is 9.97 Å². The minimum Gasteiger partial charge on any atom is -0.485 e. The first kappa shape index (κ1) is 15.6. The maximum atomic E-state index is 12.9. The molecule has 1 aromatic carbocycles. The van der Waals surface area contributed by atoms with Crippen molar-refractivity contribution in [1.29, 1.82) is 0 Å². The fraction of sp³-hybridized carbons (Fsp3) is 0.312. The van der Waals surface area contributed by atoms with Crippen LogP contribution in [0.3, 0.4) is 0 Å². The van der Waals surface area contributed by atoms with Crippen molar-refractivity contribution in [3.05, 3.63) is 40.7 Å². The number of carbonyl (C=O) groups excluding carboxylic acids is 1. The highest BCUT2D eigenvalue weighted by molar-refractivity contribution is 6.32. The normalized spacial score (nSPS) is 16.5. The standard InChI is InChI=1S/C16H17ClN4O2/c1-9-7-12(20-16(18-3)19-9)15(22)21-8-10(2)23-14-11(17)5-4-6-13(14)21/h4-7,10H,8H2,1-3H3,(H,18,19,20)/t10-/m0/s1. The lowest BCUT2D eigenvalue weighted by molar-refractivity contribution is 0.0956. The predicted molar refractivity (Wildman–Crippen MR) is 89.5 cm³/mol. The summed E-state index contributed by atoms with van der Waals surface area (Å²) >= 11 is 6.20. The highest BCUT2D eigenvalue weighted by Gasteiger charge is 2.30. The molecule has 1 aliphatic rings. The zero-order chi connectivity index (χ0) is 16.6. The Bertz CT molecular complexity index is 766. The van der Waals surface area contributed by atoms with Crippen LogP contribution in [-0.4, -0.2) is 35.6 Å². The number of amides is 1. The molecular weight excluding hydrogens is 316 g/mol. The summed E-state index contributed by atoms with van der Waals surface area (Å²) in [5.41, 5.74) is 1.71. The van der Waals surface area contributed by atoms with Gasteiger partial charge in [0.05, 0.1) is 17.3 Å². The minimum absolute atomic E-state index is 0.155. The number of hydrogen-bond acceptors (Lipinski definition) is 5. The third kappa shape index (κ3) is 2.94. The number of fused-ring (bicyclic) bond motifs is 1. The molecule has 0 bridgehead atoms. The van der Waals surface area contributed by atoms with Crippen LogP contribution in [0.1, 0.15) is 23.1 Å². The molecule has 1 aliphatic heterocycles. The van der Waals surface area contributed by atoms with Gasteiger partial charge in [0.15, 0.2) is 5.75 Å².